The summed E-state index contributed by atoms with van der Waals surface area (Å²) < 4.78 is 21.1. The Morgan fingerprint density at radius 2 is 2.03 bits per heavy atom. The Labute approximate surface area is 183 Å². The highest BCUT2D eigenvalue weighted by Gasteiger charge is 2.22. The van der Waals surface area contributed by atoms with Crippen LogP contribution in [0.1, 0.15) is 34.5 Å². The van der Waals surface area contributed by atoms with Gasteiger partial charge in [-0.2, -0.15) is 9.78 Å². The molecule has 0 aliphatic carbocycles. The number of hydrogen-bond donors (Lipinski definition) is 1. The number of carbonyl (C=O) groups is 1. The van der Waals surface area contributed by atoms with Crippen molar-refractivity contribution in [3.63, 3.8) is 0 Å². The molecule has 1 aliphatic heterocycles. The largest absolute Gasteiger partial charge is 0.376 e. The van der Waals surface area contributed by atoms with Crippen LogP contribution < -0.4 is 16.6 Å². The van der Waals surface area contributed by atoms with E-state index in [2.05, 4.69) is 10.4 Å². The molecule has 32 heavy (non-hydrogen) atoms. The highest BCUT2D eigenvalue weighted by atomic mass is 19.1. The maximum atomic E-state index is 13.7. The molecule has 1 N–H and O–H groups in total. The van der Waals surface area contributed by atoms with E-state index in [1.807, 2.05) is 13.0 Å². The summed E-state index contributed by atoms with van der Waals surface area (Å²) in [5, 5.41) is 6.77. The number of ether oxygens (including phenoxy) is 1. The smallest absolute Gasteiger partial charge is 0.352 e. The molecule has 1 aliphatic rings. The van der Waals surface area contributed by atoms with Crippen LogP contribution in [0.3, 0.4) is 0 Å². The molecule has 0 bridgehead atoms. The molecule has 166 valence electrons. The lowest BCUT2D eigenvalue weighted by Crippen LogP contribution is -2.46. The van der Waals surface area contributed by atoms with Gasteiger partial charge in [0.2, 0.25) is 5.69 Å². The van der Waals surface area contributed by atoms with Crippen molar-refractivity contribution in [2.75, 3.05) is 13.2 Å². The molecular weight excluding hydrogens is 415 g/mol. The van der Waals surface area contributed by atoms with Crippen molar-refractivity contribution in [3.8, 4) is 5.69 Å². The Morgan fingerprint density at radius 1 is 1.22 bits per heavy atom. The number of benzene rings is 2. The van der Waals surface area contributed by atoms with Gasteiger partial charge < -0.3 is 10.1 Å². The molecule has 1 amide bonds. The van der Waals surface area contributed by atoms with Crippen LogP contribution in [0.2, 0.25) is 0 Å². The van der Waals surface area contributed by atoms with Gasteiger partial charge in [0.05, 0.1) is 18.3 Å². The number of carbonyl (C=O) groups excluding carboxylic acids is 1. The van der Waals surface area contributed by atoms with Crippen molar-refractivity contribution in [3.05, 3.63) is 92.0 Å². The molecule has 9 heteroatoms. The summed E-state index contributed by atoms with van der Waals surface area (Å²) in [5.41, 5.74) is -0.273. The Kier molecular flexibility index (Phi) is 6.27. The normalized spacial score (nSPS) is 15.6. The summed E-state index contributed by atoms with van der Waals surface area (Å²) in [6, 6.07) is 12.6. The van der Waals surface area contributed by atoms with E-state index in [4.69, 9.17) is 4.74 Å². The Bertz CT molecular complexity index is 1260. The van der Waals surface area contributed by atoms with Crippen LogP contribution in [0.4, 0.5) is 4.39 Å². The molecular formula is C23H23FN4O4. The van der Waals surface area contributed by atoms with Crippen LogP contribution >= 0.6 is 0 Å². The summed E-state index contributed by atoms with van der Waals surface area (Å²) in [4.78, 5) is 39.0. The van der Waals surface area contributed by atoms with Gasteiger partial charge in [0.15, 0.2) is 0 Å². The number of rotatable bonds is 6. The predicted molar refractivity (Wildman–Crippen MR) is 116 cm³/mol. The van der Waals surface area contributed by atoms with Crippen molar-refractivity contribution < 1.29 is 13.9 Å². The topological polar surface area (TPSA) is 95.2 Å². The van der Waals surface area contributed by atoms with E-state index in [-0.39, 0.29) is 19.2 Å². The monoisotopic (exact) mass is 438 g/mol. The van der Waals surface area contributed by atoms with Gasteiger partial charge in [-0.1, -0.05) is 24.3 Å². The minimum Gasteiger partial charge on any atom is -0.376 e. The lowest BCUT2D eigenvalue weighted by molar-refractivity contribution is 0.0849. The number of hydrogen-bond acceptors (Lipinski definition) is 5. The first-order valence-corrected chi connectivity index (χ1v) is 10.4. The van der Waals surface area contributed by atoms with Crippen LogP contribution in [0, 0.1) is 12.7 Å². The van der Waals surface area contributed by atoms with Gasteiger partial charge in [-0.05, 0) is 55.2 Å². The quantitative estimate of drug-likeness (QED) is 0.633. The van der Waals surface area contributed by atoms with Crippen LogP contribution in [0.5, 0.6) is 0 Å². The van der Waals surface area contributed by atoms with Crippen molar-refractivity contribution in [1.82, 2.24) is 19.7 Å². The number of amides is 1. The average Bonchev–Trinajstić information content (AvgIpc) is 3.29. The van der Waals surface area contributed by atoms with E-state index in [1.54, 1.807) is 24.3 Å². The zero-order chi connectivity index (χ0) is 22.7. The fraction of sp³-hybridized carbons (Fsp3) is 0.304. The maximum Gasteiger partial charge on any atom is 0.352 e. The molecule has 1 fully saturated rings. The second-order valence-electron chi connectivity index (χ2n) is 7.75. The van der Waals surface area contributed by atoms with E-state index >= 15 is 0 Å². The number of aryl methyl sites for hydroxylation is 1. The fourth-order valence-electron chi connectivity index (χ4n) is 3.64. The first kappa shape index (κ1) is 21.6. The highest BCUT2D eigenvalue weighted by molar-refractivity contribution is 5.91. The number of nitrogens with zero attached hydrogens (tertiary/aromatic N) is 3. The lowest BCUT2D eigenvalue weighted by atomic mass is 10.2. The van der Waals surface area contributed by atoms with Crippen molar-refractivity contribution in [2.24, 2.45) is 0 Å². The second kappa shape index (κ2) is 9.27. The van der Waals surface area contributed by atoms with Gasteiger partial charge in [-0.3, -0.25) is 14.2 Å². The minimum atomic E-state index is -0.840. The average molecular weight is 438 g/mol. The molecule has 4 rings (SSSR count). The molecule has 3 aromatic rings. The minimum absolute atomic E-state index is 0.115. The Hall–Kier alpha value is -3.59. The molecule has 8 nitrogen and oxygen atoms in total. The van der Waals surface area contributed by atoms with E-state index in [9.17, 15) is 18.8 Å². The first-order valence-electron chi connectivity index (χ1n) is 10.4. The van der Waals surface area contributed by atoms with E-state index in [1.165, 1.54) is 18.2 Å². The van der Waals surface area contributed by atoms with Gasteiger partial charge >= 0.3 is 5.69 Å². The summed E-state index contributed by atoms with van der Waals surface area (Å²) in [6.07, 6.45) is 1.62. The van der Waals surface area contributed by atoms with Gasteiger partial charge in [0.25, 0.3) is 11.5 Å². The molecule has 0 radical (unpaired) electrons. The molecule has 2 aromatic carbocycles. The zero-order valence-electron chi connectivity index (χ0n) is 17.6. The fourth-order valence-corrected chi connectivity index (χ4v) is 3.64. The van der Waals surface area contributed by atoms with Gasteiger partial charge in [0.1, 0.15) is 5.82 Å². The van der Waals surface area contributed by atoms with E-state index in [0.717, 1.165) is 27.7 Å². The summed E-state index contributed by atoms with van der Waals surface area (Å²) in [6.45, 7) is 2.53. The third-order valence-corrected chi connectivity index (χ3v) is 5.27. The third-order valence-electron chi connectivity index (χ3n) is 5.27. The number of nitrogens with one attached hydrogen (secondary N) is 1. The maximum absolute atomic E-state index is 13.7. The van der Waals surface area contributed by atoms with Crippen LogP contribution in [0.25, 0.3) is 5.69 Å². The zero-order valence-corrected chi connectivity index (χ0v) is 17.6. The summed E-state index contributed by atoms with van der Waals surface area (Å²) in [5.74, 6) is -1.18. The summed E-state index contributed by atoms with van der Waals surface area (Å²) >= 11 is 0. The van der Waals surface area contributed by atoms with Crippen LogP contribution in [-0.2, 0) is 11.3 Å². The van der Waals surface area contributed by atoms with Gasteiger partial charge in [0, 0.05) is 13.2 Å². The second-order valence-corrected chi connectivity index (χ2v) is 7.75. The molecule has 0 spiro atoms. The standard InChI is InChI=1S/C23H23FN4O4/c1-15-5-2-8-18(11-15)28-23(31)27(14-16-6-3-7-17(24)12-16)22(30)20(26-28)21(29)25-13-19-9-4-10-32-19/h2-3,5-8,11-12,19H,4,9-10,13-14H2,1H3,(H,25,29)/t19-/m0/s1. The van der Waals surface area contributed by atoms with Crippen molar-refractivity contribution in [2.45, 2.75) is 32.4 Å². The van der Waals surface area contributed by atoms with E-state index in [0.29, 0.717) is 17.9 Å². The SMILES string of the molecule is Cc1cccc(-n2nc(C(=O)NC[C@@H]3CCCO3)c(=O)n(Cc3cccc(F)c3)c2=O)c1. The molecule has 1 saturated heterocycles. The number of halogens is 1. The van der Waals surface area contributed by atoms with E-state index < -0.39 is 28.7 Å². The summed E-state index contributed by atoms with van der Waals surface area (Å²) in [7, 11) is 0. The Balaban J connectivity index is 1.77. The van der Waals surface area contributed by atoms with Crippen molar-refractivity contribution in [1.29, 1.82) is 0 Å². The Morgan fingerprint density at radius 3 is 2.75 bits per heavy atom. The molecule has 1 atom stereocenters. The molecule has 0 saturated carbocycles. The molecule has 1 aromatic heterocycles. The lowest BCUT2D eigenvalue weighted by Gasteiger charge is -2.14. The van der Waals surface area contributed by atoms with Crippen LogP contribution in [-0.4, -0.2) is 39.5 Å². The van der Waals surface area contributed by atoms with Gasteiger partial charge in [-0.15, -0.1) is 0 Å². The van der Waals surface area contributed by atoms with Gasteiger partial charge in [-0.25, -0.2) is 9.18 Å². The highest BCUT2D eigenvalue weighted by Crippen LogP contribution is 2.11. The molecule has 2 heterocycles. The predicted octanol–water partition coefficient (Wildman–Crippen LogP) is 1.80. The molecule has 0 unspecified atom stereocenters. The van der Waals surface area contributed by atoms with Crippen LogP contribution in [0.15, 0.2) is 58.1 Å². The number of aromatic nitrogens is 3. The third kappa shape index (κ3) is 4.67. The first-order chi connectivity index (χ1) is 15.4. The van der Waals surface area contributed by atoms with Crippen molar-refractivity contribution >= 4 is 5.91 Å².